The zero-order chi connectivity index (χ0) is 11.2. The molecule has 94 valence electrons. The molecular weight excluding hydrogens is 212 g/mol. The monoisotopic (exact) mass is 234 g/mol. The molecule has 1 saturated heterocycles. The Morgan fingerprint density at radius 2 is 1.82 bits per heavy atom. The maximum Gasteiger partial charge on any atom is 0.164 e. The summed E-state index contributed by atoms with van der Waals surface area (Å²) >= 11 is 0. The molecule has 0 aromatic carbocycles. The van der Waals surface area contributed by atoms with Gasteiger partial charge < -0.3 is 9.47 Å². The maximum absolute atomic E-state index is 6.12. The molecule has 2 nitrogen and oxygen atoms in total. The second-order valence-electron chi connectivity index (χ2n) is 6.34. The van der Waals surface area contributed by atoms with Gasteiger partial charge in [-0.2, -0.15) is 0 Å². The number of rotatable bonds is 1. The number of hydrogen-bond acceptors (Lipinski definition) is 2. The van der Waals surface area contributed by atoms with Gasteiger partial charge in [0.15, 0.2) is 6.29 Å². The van der Waals surface area contributed by atoms with Gasteiger partial charge in [0.1, 0.15) is 0 Å². The van der Waals surface area contributed by atoms with E-state index >= 15 is 0 Å². The molecule has 4 aliphatic rings. The third-order valence-electron chi connectivity index (χ3n) is 5.08. The van der Waals surface area contributed by atoms with Gasteiger partial charge in [-0.05, 0) is 57.3 Å². The van der Waals surface area contributed by atoms with Gasteiger partial charge in [0, 0.05) is 5.92 Å². The summed E-state index contributed by atoms with van der Waals surface area (Å²) in [6.45, 7) is 0. The van der Waals surface area contributed by atoms with Gasteiger partial charge >= 0.3 is 0 Å². The first-order chi connectivity index (χ1) is 8.38. The van der Waals surface area contributed by atoms with Crippen LogP contribution in [0.25, 0.3) is 0 Å². The van der Waals surface area contributed by atoms with E-state index in [1.807, 2.05) is 0 Å². The highest BCUT2D eigenvalue weighted by atomic mass is 16.7. The Morgan fingerprint density at radius 1 is 1.00 bits per heavy atom. The average Bonchev–Trinajstić information content (AvgIpc) is 2.88. The van der Waals surface area contributed by atoms with Gasteiger partial charge in [0.2, 0.25) is 0 Å². The summed E-state index contributed by atoms with van der Waals surface area (Å²) in [7, 11) is 0. The molecule has 2 bridgehead atoms. The van der Waals surface area contributed by atoms with E-state index in [4.69, 9.17) is 9.47 Å². The first-order valence-electron chi connectivity index (χ1n) is 7.39. The van der Waals surface area contributed by atoms with Crippen LogP contribution in [0.1, 0.15) is 51.4 Å². The summed E-state index contributed by atoms with van der Waals surface area (Å²) in [6, 6.07) is 0. The second-order valence-corrected chi connectivity index (χ2v) is 6.34. The van der Waals surface area contributed by atoms with E-state index in [1.54, 1.807) is 5.57 Å². The number of fused-ring (bicyclic) bond motifs is 3. The fourth-order valence-corrected chi connectivity index (χ4v) is 4.27. The maximum atomic E-state index is 6.12. The van der Waals surface area contributed by atoms with Crippen LogP contribution < -0.4 is 0 Å². The zero-order valence-corrected chi connectivity index (χ0v) is 10.4. The van der Waals surface area contributed by atoms with Crippen LogP contribution >= 0.6 is 0 Å². The molecule has 0 aromatic rings. The van der Waals surface area contributed by atoms with E-state index in [0.717, 1.165) is 5.92 Å². The summed E-state index contributed by atoms with van der Waals surface area (Å²) in [5.41, 5.74) is 1.68. The fourth-order valence-electron chi connectivity index (χ4n) is 4.27. The van der Waals surface area contributed by atoms with Crippen LogP contribution in [0, 0.1) is 11.8 Å². The largest absolute Gasteiger partial charge is 0.346 e. The van der Waals surface area contributed by atoms with E-state index in [-0.39, 0.29) is 6.29 Å². The second kappa shape index (κ2) is 4.10. The van der Waals surface area contributed by atoms with Crippen molar-refractivity contribution in [3.8, 4) is 0 Å². The van der Waals surface area contributed by atoms with Crippen LogP contribution in [0.15, 0.2) is 11.6 Å². The Labute approximate surface area is 103 Å². The molecule has 0 radical (unpaired) electrons. The third kappa shape index (κ3) is 1.86. The van der Waals surface area contributed by atoms with Crippen LogP contribution in [-0.4, -0.2) is 18.5 Å². The molecule has 0 amide bonds. The van der Waals surface area contributed by atoms with Gasteiger partial charge in [-0.25, -0.2) is 0 Å². The predicted molar refractivity (Wildman–Crippen MR) is 65.5 cm³/mol. The Bertz CT molecular complexity index is 324. The Morgan fingerprint density at radius 3 is 2.59 bits per heavy atom. The molecule has 2 heteroatoms. The van der Waals surface area contributed by atoms with E-state index in [2.05, 4.69) is 6.08 Å². The van der Waals surface area contributed by atoms with Crippen molar-refractivity contribution in [2.45, 2.75) is 69.9 Å². The topological polar surface area (TPSA) is 18.5 Å². The molecule has 1 heterocycles. The minimum Gasteiger partial charge on any atom is -0.346 e. The van der Waals surface area contributed by atoms with Crippen molar-refractivity contribution < 1.29 is 9.47 Å². The highest BCUT2D eigenvalue weighted by Gasteiger charge is 2.43. The lowest BCUT2D eigenvalue weighted by Crippen LogP contribution is -2.28. The van der Waals surface area contributed by atoms with Crippen LogP contribution in [0.3, 0.4) is 0 Å². The van der Waals surface area contributed by atoms with Gasteiger partial charge in [0.25, 0.3) is 0 Å². The summed E-state index contributed by atoms with van der Waals surface area (Å²) in [5.74, 6) is 1.47. The smallest absolute Gasteiger partial charge is 0.164 e. The van der Waals surface area contributed by atoms with Crippen molar-refractivity contribution in [1.29, 1.82) is 0 Å². The Balaban J connectivity index is 1.49. The minimum absolute atomic E-state index is 0.0844. The highest BCUT2D eigenvalue weighted by molar-refractivity contribution is 5.13. The molecule has 1 aliphatic heterocycles. The van der Waals surface area contributed by atoms with Gasteiger partial charge in [-0.15, -0.1) is 0 Å². The van der Waals surface area contributed by atoms with Crippen LogP contribution in [-0.2, 0) is 9.47 Å². The molecule has 0 N–H and O–H groups in total. The van der Waals surface area contributed by atoms with Crippen molar-refractivity contribution in [2.75, 3.05) is 0 Å². The number of ether oxygens (including phenoxy) is 2. The Kier molecular flexibility index (Phi) is 2.55. The van der Waals surface area contributed by atoms with E-state index in [1.165, 1.54) is 51.4 Å². The van der Waals surface area contributed by atoms with Crippen molar-refractivity contribution in [3.05, 3.63) is 11.6 Å². The van der Waals surface area contributed by atoms with Gasteiger partial charge in [-0.1, -0.05) is 11.6 Å². The number of allylic oxidation sites excluding steroid dienone is 1. The summed E-state index contributed by atoms with van der Waals surface area (Å²) in [5, 5.41) is 0. The lowest BCUT2D eigenvalue weighted by Gasteiger charge is -2.34. The molecule has 0 aromatic heterocycles. The molecular formula is C15H22O2. The Hall–Kier alpha value is -0.340. The lowest BCUT2D eigenvalue weighted by molar-refractivity contribution is -0.104. The average molecular weight is 234 g/mol. The fraction of sp³-hybridized carbons (Fsp3) is 0.867. The molecule has 4 unspecified atom stereocenters. The molecule has 3 fully saturated rings. The summed E-state index contributed by atoms with van der Waals surface area (Å²) in [4.78, 5) is 0. The van der Waals surface area contributed by atoms with Crippen molar-refractivity contribution in [3.63, 3.8) is 0 Å². The lowest BCUT2D eigenvalue weighted by atomic mass is 9.74. The third-order valence-corrected chi connectivity index (χ3v) is 5.08. The summed E-state index contributed by atoms with van der Waals surface area (Å²) in [6.07, 6.45) is 13.9. The minimum atomic E-state index is 0.0844. The first kappa shape index (κ1) is 10.6. The number of hydrogen-bond donors (Lipinski definition) is 0. The quantitative estimate of drug-likeness (QED) is 0.647. The van der Waals surface area contributed by atoms with Crippen LogP contribution in [0.2, 0.25) is 0 Å². The van der Waals surface area contributed by atoms with Gasteiger partial charge in [-0.3, -0.25) is 0 Å². The molecule has 4 atom stereocenters. The molecule has 17 heavy (non-hydrogen) atoms. The predicted octanol–water partition coefficient (Wildman–Crippen LogP) is 3.42. The zero-order valence-electron chi connectivity index (χ0n) is 10.4. The van der Waals surface area contributed by atoms with E-state index in [0.29, 0.717) is 18.1 Å². The normalized spacial score (nSPS) is 48.9. The molecule has 3 aliphatic carbocycles. The molecule has 0 spiro atoms. The van der Waals surface area contributed by atoms with E-state index < -0.39 is 0 Å². The van der Waals surface area contributed by atoms with Crippen LogP contribution in [0.4, 0.5) is 0 Å². The molecule has 2 saturated carbocycles. The van der Waals surface area contributed by atoms with E-state index in [9.17, 15) is 0 Å². The first-order valence-corrected chi connectivity index (χ1v) is 7.39. The highest BCUT2D eigenvalue weighted by Crippen LogP contribution is 2.43. The summed E-state index contributed by atoms with van der Waals surface area (Å²) < 4.78 is 12.2. The van der Waals surface area contributed by atoms with Crippen LogP contribution in [0.5, 0.6) is 0 Å². The van der Waals surface area contributed by atoms with Crippen molar-refractivity contribution in [1.82, 2.24) is 0 Å². The van der Waals surface area contributed by atoms with Gasteiger partial charge in [0.05, 0.1) is 12.2 Å². The van der Waals surface area contributed by atoms with Crippen molar-refractivity contribution in [2.24, 2.45) is 11.8 Å². The van der Waals surface area contributed by atoms with Crippen molar-refractivity contribution >= 4 is 0 Å². The SMILES string of the molecule is C1=C2CCCC(C2)CC1C1OC2CCCC2O1. The molecule has 4 rings (SSSR count). The standard InChI is InChI=1S/C15H22O2/c1-3-10-7-11(4-1)9-12(8-10)15-16-13-5-2-6-14(13)17-15/h8,11-15H,1-7,9H2.